The lowest BCUT2D eigenvalue weighted by Gasteiger charge is -2.19. The van der Waals surface area contributed by atoms with Crippen LogP contribution >= 0.6 is 0 Å². The second kappa shape index (κ2) is 6.40. The molecule has 0 fully saturated rings. The summed E-state index contributed by atoms with van der Waals surface area (Å²) in [7, 11) is 1.51. The Labute approximate surface area is 109 Å². The quantitative estimate of drug-likeness (QED) is 0.775. The standard InChI is InChI=1S/C12H15F3N2O2/c1-3-19-11(18)9-4-5-10(16-8-9)17(2)7-6-12(13,14)15/h4-5,8H,3,6-7H2,1-2H3. The highest BCUT2D eigenvalue weighted by Crippen LogP contribution is 2.21. The molecule has 1 aromatic heterocycles. The molecule has 4 nitrogen and oxygen atoms in total. The van der Waals surface area contributed by atoms with E-state index in [1.54, 1.807) is 6.92 Å². The van der Waals surface area contributed by atoms with Crippen molar-refractivity contribution >= 4 is 11.8 Å². The van der Waals surface area contributed by atoms with Gasteiger partial charge in [-0.25, -0.2) is 9.78 Å². The molecular weight excluding hydrogens is 261 g/mol. The highest BCUT2D eigenvalue weighted by Gasteiger charge is 2.27. The van der Waals surface area contributed by atoms with Crippen molar-refractivity contribution in [3.8, 4) is 0 Å². The summed E-state index contributed by atoms with van der Waals surface area (Å²) < 4.78 is 41.0. The summed E-state index contributed by atoms with van der Waals surface area (Å²) in [5, 5.41) is 0. The van der Waals surface area contributed by atoms with E-state index in [0.717, 1.165) is 0 Å². The Hall–Kier alpha value is -1.79. The molecule has 0 atom stereocenters. The van der Waals surface area contributed by atoms with Gasteiger partial charge in [-0.3, -0.25) is 0 Å². The lowest BCUT2D eigenvalue weighted by Crippen LogP contribution is -2.24. The fourth-order valence-corrected chi connectivity index (χ4v) is 1.36. The number of anilines is 1. The molecule has 1 rings (SSSR count). The van der Waals surface area contributed by atoms with Crippen LogP contribution in [0.1, 0.15) is 23.7 Å². The number of nitrogens with zero attached hydrogens (tertiary/aromatic N) is 2. The zero-order valence-corrected chi connectivity index (χ0v) is 10.7. The molecular formula is C12H15F3N2O2. The number of ether oxygens (including phenoxy) is 1. The molecule has 0 aliphatic rings. The molecule has 0 aliphatic carbocycles. The molecule has 0 spiro atoms. The summed E-state index contributed by atoms with van der Waals surface area (Å²) in [6.07, 6.45) is -3.82. The van der Waals surface area contributed by atoms with E-state index in [4.69, 9.17) is 4.74 Å². The van der Waals surface area contributed by atoms with Crippen LogP contribution in [0, 0.1) is 0 Å². The molecule has 1 aromatic rings. The number of alkyl halides is 3. The second-order valence-electron chi connectivity index (χ2n) is 3.91. The normalized spacial score (nSPS) is 11.2. The van der Waals surface area contributed by atoms with Crippen molar-refractivity contribution in [1.29, 1.82) is 0 Å². The van der Waals surface area contributed by atoms with Gasteiger partial charge < -0.3 is 9.64 Å². The van der Waals surface area contributed by atoms with E-state index in [0.29, 0.717) is 5.82 Å². The first kappa shape index (κ1) is 15.3. The summed E-state index contributed by atoms with van der Waals surface area (Å²) in [5.41, 5.74) is 0.273. The van der Waals surface area contributed by atoms with Crippen molar-refractivity contribution in [1.82, 2.24) is 4.98 Å². The Morgan fingerprint density at radius 2 is 2.11 bits per heavy atom. The number of rotatable bonds is 5. The smallest absolute Gasteiger partial charge is 0.390 e. The first-order chi connectivity index (χ1) is 8.83. The molecule has 0 radical (unpaired) electrons. The zero-order chi connectivity index (χ0) is 14.5. The van der Waals surface area contributed by atoms with Gasteiger partial charge in [-0.15, -0.1) is 0 Å². The van der Waals surface area contributed by atoms with Crippen molar-refractivity contribution in [3.05, 3.63) is 23.9 Å². The van der Waals surface area contributed by atoms with Crippen LogP contribution in [0.3, 0.4) is 0 Å². The van der Waals surface area contributed by atoms with Gasteiger partial charge in [0.15, 0.2) is 0 Å². The highest BCUT2D eigenvalue weighted by molar-refractivity contribution is 5.89. The summed E-state index contributed by atoms with van der Waals surface area (Å²) >= 11 is 0. The van der Waals surface area contributed by atoms with Gasteiger partial charge >= 0.3 is 12.1 Å². The molecule has 0 aromatic carbocycles. The number of esters is 1. The van der Waals surface area contributed by atoms with Gasteiger partial charge in [0.05, 0.1) is 18.6 Å². The summed E-state index contributed by atoms with van der Waals surface area (Å²) in [5.74, 6) is -0.128. The average molecular weight is 276 g/mol. The van der Waals surface area contributed by atoms with Gasteiger partial charge in [0.1, 0.15) is 5.82 Å². The number of carbonyl (C=O) groups excluding carboxylic acids is 1. The summed E-state index contributed by atoms with van der Waals surface area (Å²) in [6.45, 7) is 1.76. The maximum atomic E-state index is 12.1. The molecule has 106 valence electrons. The third-order valence-electron chi connectivity index (χ3n) is 2.38. The maximum absolute atomic E-state index is 12.1. The number of aromatic nitrogens is 1. The molecule has 0 amide bonds. The predicted octanol–water partition coefficient (Wildman–Crippen LogP) is 2.65. The average Bonchev–Trinajstić information content (AvgIpc) is 2.35. The summed E-state index contributed by atoms with van der Waals surface area (Å²) in [4.78, 5) is 16.7. The second-order valence-corrected chi connectivity index (χ2v) is 3.91. The molecule has 0 saturated carbocycles. The lowest BCUT2D eigenvalue weighted by atomic mass is 10.3. The number of hydrogen-bond acceptors (Lipinski definition) is 4. The van der Waals surface area contributed by atoms with Crippen molar-refractivity contribution < 1.29 is 22.7 Å². The number of pyridine rings is 1. The van der Waals surface area contributed by atoms with Crippen LogP contribution in [0.15, 0.2) is 18.3 Å². The topological polar surface area (TPSA) is 42.4 Å². The minimum atomic E-state index is -4.20. The summed E-state index contributed by atoms with van der Waals surface area (Å²) in [6, 6.07) is 2.97. The van der Waals surface area contributed by atoms with Gasteiger partial charge in [-0.2, -0.15) is 13.2 Å². The van der Waals surface area contributed by atoms with Crippen molar-refractivity contribution in [2.24, 2.45) is 0 Å². The van der Waals surface area contributed by atoms with E-state index in [9.17, 15) is 18.0 Å². The Bertz CT molecular complexity index is 418. The van der Waals surface area contributed by atoms with Gasteiger partial charge in [0.25, 0.3) is 0 Å². The fourth-order valence-electron chi connectivity index (χ4n) is 1.36. The Kier molecular flexibility index (Phi) is 5.14. The maximum Gasteiger partial charge on any atom is 0.390 e. The van der Waals surface area contributed by atoms with E-state index in [2.05, 4.69) is 4.98 Å². The molecule has 0 unspecified atom stereocenters. The van der Waals surface area contributed by atoms with E-state index < -0.39 is 18.6 Å². The third kappa shape index (κ3) is 5.15. The van der Waals surface area contributed by atoms with Crippen LogP contribution in [-0.4, -0.2) is 37.3 Å². The minimum Gasteiger partial charge on any atom is -0.462 e. The largest absolute Gasteiger partial charge is 0.462 e. The lowest BCUT2D eigenvalue weighted by molar-refractivity contribution is -0.132. The van der Waals surface area contributed by atoms with Gasteiger partial charge in [0.2, 0.25) is 0 Å². The first-order valence-electron chi connectivity index (χ1n) is 5.74. The van der Waals surface area contributed by atoms with Crippen LogP contribution in [0.25, 0.3) is 0 Å². The molecule has 0 aliphatic heterocycles. The molecule has 0 N–H and O–H groups in total. The van der Waals surface area contributed by atoms with Gasteiger partial charge in [0, 0.05) is 19.8 Å². The Morgan fingerprint density at radius 3 is 2.58 bits per heavy atom. The van der Waals surface area contributed by atoms with Gasteiger partial charge in [-0.1, -0.05) is 0 Å². The van der Waals surface area contributed by atoms with E-state index in [1.165, 1.54) is 30.3 Å². The van der Waals surface area contributed by atoms with Gasteiger partial charge in [-0.05, 0) is 19.1 Å². The van der Waals surface area contributed by atoms with Crippen LogP contribution in [-0.2, 0) is 4.74 Å². The van der Waals surface area contributed by atoms with Crippen molar-refractivity contribution in [2.45, 2.75) is 19.5 Å². The molecule has 19 heavy (non-hydrogen) atoms. The SMILES string of the molecule is CCOC(=O)c1ccc(N(C)CCC(F)(F)F)nc1. The minimum absolute atomic E-state index is 0.185. The monoisotopic (exact) mass is 276 g/mol. The Balaban J connectivity index is 2.63. The van der Waals surface area contributed by atoms with E-state index in [-0.39, 0.29) is 18.7 Å². The number of hydrogen-bond donors (Lipinski definition) is 0. The first-order valence-corrected chi connectivity index (χ1v) is 5.74. The molecule has 1 heterocycles. The molecule has 0 bridgehead atoms. The van der Waals surface area contributed by atoms with Crippen LogP contribution in [0.5, 0.6) is 0 Å². The van der Waals surface area contributed by atoms with E-state index in [1.807, 2.05) is 0 Å². The Morgan fingerprint density at radius 1 is 1.42 bits per heavy atom. The predicted molar refractivity (Wildman–Crippen MR) is 64.1 cm³/mol. The highest BCUT2D eigenvalue weighted by atomic mass is 19.4. The fraction of sp³-hybridized carbons (Fsp3) is 0.500. The van der Waals surface area contributed by atoms with E-state index >= 15 is 0 Å². The van der Waals surface area contributed by atoms with Crippen molar-refractivity contribution in [3.63, 3.8) is 0 Å². The van der Waals surface area contributed by atoms with Crippen molar-refractivity contribution in [2.75, 3.05) is 25.1 Å². The van der Waals surface area contributed by atoms with Crippen LogP contribution in [0.4, 0.5) is 19.0 Å². The number of carbonyl (C=O) groups is 1. The zero-order valence-electron chi connectivity index (χ0n) is 10.7. The number of halogens is 3. The van der Waals surface area contributed by atoms with Crippen LogP contribution < -0.4 is 4.90 Å². The molecule has 0 saturated heterocycles. The van der Waals surface area contributed by atoms with Crippen LogP contribution in [0.2, 0.25) is 0 Å². The molecule has 7 heteroatoms. The third-order valence-corrected chi connectivity index (χ3v) is 2.38.